The van der Waals surface area contributed by atoms with Crippen LogP contribution < -0.4 is 11.1 Å². The third-order valence-electron chi connectivity index (χ3n) is 4.63. The van der Waals surface area contributed by atoms with E-state index in [2.05, 4.69) is 5.32 Å². The quantitative estimate of drug-likeness (QED) is 0.705. The van der Waals surface area contributed by atoms with Gasteiger partial charge in [0.1, 0.15) is 5.54 Å². The molecule has 3 atom stereocenters. The van der Waals surface area contributed by atoms with Crippen molar-refractivity contribution < 1.29 is 19.5 Å². The third-order valence-corrected chi connectivity index (χ3v) is 4.63. The molecule has 7 heteroatoms. The summed E-state index contributed by atoms with van der Waals surface area (Å²) in [5.74, 6) is -1.45. The molecule has 118 valence electrons. The number of carbonyl (C=O) groups is 3. The summed E-state index contributed by atoms with van der Waals surface area (Å²) in [7, 11) is 0. The topological polar surface area (TPSA) is 113 Å². The van der Waals surface area contributed by atoms with Crippen LogP contribution in [0.1, 0.15) is 39.0 Å². The molecule has 21 heavy (non-hydrogen) atoms. The molecular formula is C14H23N3O4. The molecule has 2 rings (SSSR count). The molecule has 7 nitrogen and oxygen atoms in total. The minimum Gasteiger partial charge on any atom is -0.480 e. The summed E-state index contributed by atoms with van der Waals surface area (Å²) in [5.41, 5.74) is 4.06. The first kappa shape index (κ1) is 15.6. The summed E-state index contributed by atoms with van der Waals surface area (Å²) in [6.07, 6.45) is 3.21. The van der Waals surface area contributed by atoms with E-state index in [1.165, 1.54) is 4.90 Å². The maximum atomic E-state index is 12.3. The Morgan fingerprint density at radius 2 is 2.05 bits per heavy atom. The van der Waals surface area contributed by atoms with Crippen molar-refractivity contribution in [1.82, 2.24) is 10.2 Å². The van der Waals surface area contributed by atoms with Crippen molar-refractivity contribution in [2.24, 2.45) is 17.6 Å². The largest absolute Gasteiger partial charge is 0.480 e. The summed E-state index contributed by atoms with van der Waals surface area (Å²) in [4.78, 5) is 36.6. The molecule has 1 aliphatic carbocycles. The zero-order chi connectivity index (χ0) is 15.6. The van der Waals surface area contributed by atoms with Gasteiger partial charge in [-0.15, -0.1) is 0 Å². The van der Waals surface area contributed by atoms with Crippen LogP contribution in [0.2, 0.25) is 0 Å². The maximum absolute atomic E-state index is 12.3. The first-order valence-corrected chi connectivity index (χ1v) is 7.44. The van der Waals surface area contributed by atoms with Gasteiger partial charge in [0.15, 0.2) is 0 Å². The van der Waals surface area contributed by atoms with Crippen molar-refractivity contribution in [1.29, 1.82) is 0 Å². The van der Waals surface area contributed by atoms with Crippen LogP contribution in [0.5, 0.6) is 0 Å². The summed E-state index contributed by atoms with van der Waals surface area (Å²) < 4.78 is 0. The number of rotatable bonds is 3. The molecule has 3 amide bonds. The van der Waals surface area contributed by atoms with Gasteiger partial charge in [0.05, 0.1) is 5.92 Å². The Morgan fingerprint density at radius 1 is 1.33 bits per heavy atom. The summed E-state index contributed by atoms with van der Waals surface area (Å²) >= 11 is 0. The zero-order valence-corrected chi connectivity index (χ0v) is 12.3. The van der Waals surface area contributed by atoms with E-state index >= 15 is 0 Å². The number of primary amides is 1. The maximum Gasteiger partial charge on any atom is 0.329 e. The molecule has 2 aliphatic rings. The molecule has 0 spiro atoms. The zero-order valence-electron chi connectivity index (χ0n) is 12.3. The van der Waals surface area contributed by atoms with Gasteiger partial charge in [0.2, 0.25) is 5.91 Å². The number of hydrogen-bond donors (Lipinski definition) is 3. The highest BCUT2D eigenvalue weighted by Crippen LogP contribution is 2.33. The number of carboxylic acid groups (broad SMARTS) is 1. The molecule has 0 bridgehead atoms. The van der Waals surface area contributed by atoms with Crippen molar-refractivity contribution in [2.75, 3.05) is 13.1 Å². The van der Waals surface area contributed by atoms with Crippen LogP contribution in [-0.4, -0.2) is 46.5 Å². The van der Waals surface area contributed by atoms with Gasteiger partial charge in [0, 0.05) is 13.1 Å². The average Bonchev–Trinajstić information content (AvgIpc) is 2.88. The lowest BCUT2D eigenvalue weighted by atomic mass is 9.76. The Balaban J connectivity index is 2.03. The molecular weight excluding hydrogens is 274 g/mol. The number of nitrogens with two attached hydrogens (primary N) is 1. The third kappa shape index (κ3) is 3.28. The van der Waals surface area contributed by atoms with E-state index in [1.54, 1.807) is 0 Å². The van der Waals surface area contributed by atoms with E-state index in [4.69, 9.17) is 5.73 Å². The lowest BCUT2D eigenvalue weighted by Crippen LogP contribution is -2.59. The van der Waals surface area contributed by atoms with E-state index < -0.39 is 23.4 Å². The molecule has 1 heterocycles. The molecule has 1 saturated heterocycles. The fraction of sp³-hybridized carbons (Fsp3) is 0.786. The predicted molar refractivity (Wildman–Crippen MR) is 75.4 cm³/mol. The van der Waals surface area contributed by atoms with Crippen molar-refractivity contribution in [3.05, 3.63) is 0 Å². The Bertz CT molecular complexity index is 454. The van der Waals surface area contributed by atoms with Crippen LogP contribution in [0.25, 0.3) is 0 Å². The van der Waals surface area contributed by atoms with Gasteiger partial charge in [-0.3, -0.25) is 4.79 Å². The van der Waals surface area contributed by atoms with E-state index in [1.807, 2.05) is 6.92 Å². The number of carbonyl (C=O) groups excluding carboxylic acids is 2. The van der Waals surface area contributed by atoms with Crippen LogP contribution in [0.3, 0.4) is 0 Å². The van der Waals surface area contributed by atoms with Gasteiger partial charge in [-0.1, -0.05) is 19.8 Å². The number of nitrogens with zero attached hydrogens (tertiary/aromatic N) is 1. The van der Waals surface area contributed by atoms with Gasteiger partial charge in [-0.25, -0.2) is 9.59 Å². The fourth-order valence-corrected chi connectivity index (χ4v) is 3.37. The summed E-state index contributed by atoms with van der Waals surface area (Å²) in [6, 6.07) is -0.407. The van der Waals surface area contributed by atoms with Gasteiger partial charge < -0.3 is 21.1 Å². The van der Waals surface area contributed by atoms with Crippen molar-refractivity contribution in [3.63, 3.8) is 0 Å². The number of carboxylic acids is 1. The minimum atomic E-state index is -1.18. The molecule has 3 unspecified atom stereocenters. The molecule has 1 aliphatic heterocycles. The molecule has 2 fully saturated rings. The molecule has 1 saturated carbocycles. The highest BCUT2D eigenvalue weighted by atomic mass is 16.4. The van der Waals surface area contributed by atoms with Gasteiger partial charge in [-0.2, -0.15) is 0 Å². The van der Waals surface area contributed by atoms with Gasteiger partial charge >= 0.3 is 12.0 Å². The highest BCUT2D eigenvalue weighted by Gasteiger charge is 2.44. The molecule has 0 aromatic rings. The predicted octanol–water partition coefficient (Wildman–Crippen LogP) is 0.537. The smallest absolute Gasteiger partial charge is 0.329 e. The van der Waals surface area contributed by atoms with Crippen molar-refractivity contribution >= 4 is 17.9 Å². The van der Waals surface area contributed by atoms with Crippen LogP contribution in [-0.2, 0) is 9.59 Å². The second-order valence-corrected chi connectivity index (χ2v) is 6.35. The number of urea groups is 1. The summed E-state index contributed by atoms with van der Waals surface area (Å²) in [6.45, 7) is 2.71. The van der Waals surface area contributed by atoms with Crippen molar-refractivity contribution in [2.45, 2.75) is 44.6 Å². The lowest BCUT2D eigenvalue weighted by Gasteiger charge is -2.38. The van der Waals surface area contributed by atoms with E-state index in [0.717, 1.165) is 12.8 Å². The van der Waals surface area contributed by atoms with Crippen LogP contribution >= 0.6 is 0 Å². The molecule has 0 aromatic carbocycles. The highest BCUT2D eigenvalue weighted by molar-refractivity contribution is 5.87. The first-order chi connectivity index (χ1) is 9.84. The average molecular weight is 297 g/mol. The van der Waals surface area contributed by atoms with E-state index in [9.17, 15) is 19.5 Å². The Hall–Kier alpha value is -1.79. The summed E-state index contributed by atoms with van der Waals surface area (Å²) in [5, 5.41) is 12.2. The second kappa shape index (κ2) is 5.91. The number of aliphatic carboxylic acids is 1. The number of amides is 3. The number of hydrogen-bond acceptors (Lipinski definition) is 3. The number of nitrogens with one attached hydrogen (secondary N) is 1. The van der Waals surface area contributed by atoms with Gasteiger partial charge in [0.25, 0.3) is 0 Å². The van der Waals surface area contributed by atoms with Gasteiger partial charge in [-0.05, 0) is 25.2 Å². The van der Waals surface area contributed by atoms with E-state index in [0.29, 0.717) is 25.8 Å². The SMILES string of the molecule is CC1CCCC(NC(=O)N2CCC(C(N)=O)C2)(C(=O)O)C1. The van der Waals surface area contributed by atoms with E-state index in [-0.39, 0.29) is 18.4 Å². The normalized spacial score (nSPS) is 32.7. The molecule has 4 N–H and O–H groups in total. The molecule has 0 radical (unpaired) electrons. The lowest BCUT2D eigenvalue weighted by molar-refractivity contribution is -0.146. The monoisotopic (exact) mass is 297 g/mol. The Labute approximate surface area is 123 Å². The van der Waals surface area contributed by atoms with Crippen LogP contribution in [0.15, 0.2) is 0 Å². The Kier molecular flexibility index (Phi) is 4.39. The Morgan fingerprint density at radius 3 is 2.57 bits per heavy atom. The standard InChI is InChI=1S/C14H23N3O4/c1-9-3-2-5-14(7-9,12(19)20)16-13(21)17-6-4-10(8-17)11(15)18/h9-10H,2-8H2,1H3,(H2,15,18)(H,16,21)(H,19,20). The number of likely N-dealkylation sites (tertiary alicyclic amines) is 1. The first-order valence-electron chi connectivity index (χ1n) is 7.44. The van der Waals surface area contributed by atoms with Crippen molar-refractivity contribution in [3.8, 4) is 0 Å². The van der Waals surface area contributed by atoms with Crippen LogP contribution in [0, 0.1) is 11.8 Å². The second-order valence-electron chi connectivity index (χ2n) is 6.35. The minimum absolute atomic E-state index is 0.270. The fourth-order valence-electron chi connectivity index (χ4n) is 3.37. The van der Waals surface area contributed by atoms with Crippen LogP contribution in [0.4, 0.5) is 4.79 Å². The molecule has 0 aromatic heterocycles.